The number of benzene rings is 3. The van der Waals surface area contributed by atoms with E-state index in [0.717, 1.165) is 17.6 Å². The fraction of sp³-hybridized carbons (Fsp3) is 0.208. The molecule has 3 aromatic carbocycles. The van der Waals surface area contributed by atoms with Gasteiger partial charge in [0.15, 0.2) is 0 Å². The summed E-state index contributed by atoms with van der Waals surface area (Å²) < 4.78 is 44.6. The normalized spacial score (nSPS) is 11.1. The van der Waals surface area contributed by atoms with Gasteiger partial charge in [-0.2, -0.15) is 0 Å². The first-order valence-electron chi connectivity index (χ1n) is 10.0. The van der Waals surface area contributed by atoms with Crippen molar-refractivity contribution in [3.8, 4) is 5.75 Å². The van der Waals surface area contributed by atoms with E-state index >= 15 is 0 Å². The Labute approximate surface area is 187 Å². The monoisotopic (exact) mass is 456 g/mol. The first kappa shape index (κ1) is 23.3. The van der Waals surface area contributed by atoms with Crippen LogP contribution in [0.15, 0.2) is 72.8 Å². The van der Waals surface area contributed by atoms with Crippen LogP contribution in [0, 0.1) is 12.7 Å². The number of halogens is 1. The van der Waals surface area contributed by atoms with Crippen LogP contribution in [0.25, 0.3) is 0 Å². The number of carbonyl (C=O) groups excluding carboxylic acids is 1. The van der Waals surface area contributed by atoms with Crippen LogP contribution < -0.4 is 14.4 Å². The number of nitrogens with zero attached hydrogens (tertiary/aromatic N) is 1. The van der Waals surface area contributed by atoms with E-state index in [0.29, 0.717) is 30.0 Å². The zero-order valence-electron chi connectivity index (χ0n) is 17.9. The van der Waals surface area contributed by atoms with Crippen molar-refractivity contribution >= 4 is 21.6 Å². The molecule has 0 saturated heterocycles. The summed E-state index contributed by atoms with van der Waals surface area (Å²) in [5.41, 5.74) is 2.48. The lowest BCUT2D eigenvalue weighted by atomic mass is 10.1. The highest BCUT2D eigenvalue weighted by molar-refractivity contribution is 7.92. The topological polar surface area (TPSA) is 75.7 Å². The molecule has 0 atom stereocenters. The molecule has 0 saturated carbocycles. The molecule has 0 fully saturated rings. The van der Waals surface area contributed by atoms with Crippen LogP contribution in [-0.2, 0) is 16.6 Å². The van der Waals surface area contributed by atoms with Crippen molar-refractivity contribution in [1.29, 1.82) is 0 Å². The average Bonchev–Trinajstić information content (AvgIpc) is 2.76. The van der Waals surface area contributed by atoms with Gasteiger partial charge in [0, 0.05) is 5.56 Å². The van der Waals surface area contributed by atoms with Gasteiger partial charge < -0.3 is 10.1 Å². The Morgan fingerprint density at radius 2 is 1.66 bits per heavy atom. The van der Waals surface area contributed by atoms with Crippen molar-refractivity contribution in [2.45, 2.75) is 13.5 Å². The molecule has 3 rings (SSSR count). The highest BCUT2D eigenvalue weighted by Gasteiger charge is 2.18. The van der Waals surface area contributed by atoms with E-state index in [9.17, 15) is 17.6 Å². The van der Waals surface area contributed by atoms with Crippen molar-refractivity contribution in [2.75, 3.05) is 23.7 Å². The Morgan fingerprint density at radius 1 is 1.00 bits per heavy atom. The van der Waals surface area contributed by atoms with E-state index in [1.54, 1.807) is 24.3 Å². The highest BCUT2D eigenvalue weighted by Crippen LogP contribution is 2.21. The molecule has 0 spiro atoms. The molecule has 0 unspecified atom stereocenters. The van der Waals surface area contributed by atoms with Crippen LogP contribution in [0.5, 0.6) is 5.75 Å². The molecule has 0 heterocycles. The Morgan fingerprint density at radius 3 is 2.28 bits per heavy atom. The number of para-hydroxylation sites is 1. The Balaban J connectivity index is 1.60. The third-order valence-corrected chi connectivity index (χ3v) is 5.94. The zero-order chi connectivity index (χ0) is 23.1. The zero-order valence-corrected chi connectivity index (χ0v) is 18.7. The van der Waals surface area contributed by atoms with Crippen LogP contribution in [-0.4, -0.2) is 33.7 Å². The van der Waals surface area contributed by atoms with E-state index in [1.807, 2.05) is 31.2 Å². The molecule has 6 nitrogen and oxygen atoms in total. The molecule has 168 valence electrons. The first-order valence-corrected chi connectivity index (χ1v) is 11.9. The predicted octanol–water partition coefficient (Wildman–Crippen LogP) is 3.91. The molecule has 0 bridgehead atoms. The minimum atomic E-state index is -3.58. The van der Waals surface area contributed by atoms with Gasteiger partial charge in [-0.05, 0) is 60.5 Å². The van der Waals surface area contributed by atoms with Crippen molar-refractivity contribution < 1.29 is 22.3 Å². The summed E-state index contributed by atoms with van der Waals surface area (Å²) in [6, 6.07) is 19.6. The molecule has 0 aliphatic carbocycles. The number of aryl methyl sites for hydroxylation is 1. The van der Waals surface area contributed by atoms with Crippen molar-refractivity contribution in [1.82, 2.24) is 5.32 Å². The molecule has 0 aromatic heterocycles. The van der Waals surface area contributed by atoms with E-state index in [1.165, 1.54) is 28.6 Å². The van der Waals surface area contributed by atoms with Crippen LogP contribution >= 0.6 is 0 Å². The number of ether oxygens (including phenoxy) is 1. The quantitative estimate of drug-likeness (QED) is 0.496. The number of carbonyl (C=O) groups is 1. The van der Waals surface area contributed by atoms with Crippen LogP contribution in [0.4, 0.5) is 10.1 Å². The maximum absolute atomic E-state index is 13.1. The third-order valence-electron chi connectivity index (χ3n) is 4.80. The average molecular weight is 457 g/mol. The lowest BCUT2D eigenvalue weighted by Gasteiger charge is -2.22. The highest BCUT2D eigenvalue weighted by atomic mass is 32.2. The van der Waals surface area contributed by atoms with Gasteiger partial charge in [-0.3, -0.25) is 9.10 Å². The third kappa shape index (κ3) is 6.31. The van der Waals surface area contributed by atoms with Crippen LogP contribution in [0.3, 0.4) is 0 Å². The van der Waals surface area contributed by atoms with E-state index < -0.39 is 10.0 Å². The van der Waals surface area contributed by atoms with Gasteiger partial charge >= 0.3 is 0 Å². The summed E-state index contributed by atoms with van der Waals surface area (Å²) in [7, 11) is -3.58. The lowest BCUT2D eigenvalue weighted by molar-refractivity contribution is 0.0947. The number of nitrogens with one attached hydrogen (secondary N) is 1. The molecule has 0 radical (unpaired) electrons. The van der Waals surface area contributed by atoms with Gasteiger partial charge in [-0.15, -0.1) is 0 Å². The van der Waals surface area contributed by atoms with Crippen molar-refractivity contribution in [2.24, 2.45) is 0 Å². The minimum Gasteiger partial charge on any atom is -0.491 e. The predicted molar refractivity (Wildman–Crippen MR) is 123 cm³/mol. The Bertz CT molecular complexity index is 1160. The van der Waals surface area contributed by atoms with E-state index in [4.69, 9.17) is 4.74 Å². The molecule has 1 N–H and O–H groups in total. The summed E-state index contributed by atoms with van der Waals surface area (Å²) in [6.45, 7) is 2.66. The fourth-order valence-electron chi connectivity index (χ4n) is 3.08. The van der Waals surface area contributed by atoms with Gasteiger partial charge in [0.2, 0.25) is 10.0 Å². The molecule has 1 amide bonds. The molecule has 32 heavy (non-hydrogen) atoms. The van der Waals surface area contributed by atoms with Gasteiger partial charge in [0.1, 0.15) is 18.2 Å². The smallest absolute Gasteiger partial charge is 0.251 e. The maximum atomic E-state index is 13.1. The summed E-state index contributed by atoms with van der Waals surface area (Å²) >= 11 is 0. The van der Waals surface area contributed by atoms with Gasteiger partial charge in [0.05, 0.1) is 25.0 Å². The summed E-state index contributed by atoms with van der Waals surface area (Å²) in [6.07, 6.45) is 1.10. The SMILES string of the molecule is Cc1ccccc1OCCNC(=O)c1ccc(N(Cc2ccc(F)cc2)S(C)(=O)=O)cc1. The van der Waals surface area contributed by atoms with Gasteiger partial charge in [-0.25, -0.2) is 12.8 Å². The Kier molecular flexibility index (Phi) is 7.48. The molecule has 0 aliphatic rings. The summed E-state index contributed by atoms with van der Waals surface area (Å²) in [5, 5.41) is 2.78. The number of anilines is 1. The second-order valence-electron chi connectivity index (χ2n) is 7.31. The molecule has 8 heteroatoms. The fourth-order valence-corrected chi connectivity index (χ4v) is 3.97. The standard InChI is InChI=1S/C24H25FN2O4S/c1-18-5-3-4-6-23(18)31-16-15-26-24(28)20-9-13-22(14-10-20)27(32(2,29)30)17-19-7-11-21(25)12-8-19/h3-14H,15-17H2,1-2H3,(H,26,28). The molecular formula is C24H25FN2O4S. The molecule has 0 aliphatic heterocycles. The molecule has 3 aromatic rings. The number of hydrogen-bond acceptors (Lipinski definition) is 4. The maximum Gasteiger partial charge on any atom is 0.251 e. The van der Waals surface area contributed by atoms with E-state index in [-0.39, 0.29) is 18.3 Å². The number of rotatable bonds is 9. The van der Waals surface area contributed by atoms with Crippen molar-refractivity contribution in [3.05, 3.63) is 95.3 Å². The summed E-state index contributed by atoms with van der Waals surface area (Å²) in [5.74, 6) is 0.0989. The first-order chi connectivity index (χ1) is 15.2. The van der Waals surface area contributed by atoms with E-state index in [2.05, 4.69) is 5.32 Å². The molecular weight excluding hydrogens is 431 g/mol. The Hall–Kier alpha value is -3.39. The van der Waals surface area contributed by atoms with Crippen molar-refractivity contribution in [3.63, 3.8) is 0 Å². The lowest BCUT2D eigenvalue weighted by Crippen LogP contribution is -2.30. The summed E-state index contributed by atoms with van der Waals surface area (Å²) in [4.78, 5) is 12.4. The number of sulfonamides is 1. The van der Waals surface area contributed by atoms with Gasteiger partial charge in [0.25, 0.3) is 5.91 Å². The van der Waals surface area contributed by atoms with Crippen LogP contribution in [0.1, 0.15) is 21.5 Å². The minimum absolute atomic E-state index is 0.0564. The second kappa shape index (κ2) is 10.3. The number of amides is 1. The van der Waals surface area contributed by atoms with Gasteiger partial charge in [-0.1, -0.05) is 30.3 Å². The largest absolute Gasteiger partial charge is 0.491 e. The second-order valence-corrected chi connectivity index (χ2v) is 9.22. The number of hydrogen-bond donors (Lipinski definition) is 1. The van der Waals surface area contributed by atoms with Crippen LogP contribution in [0.2, 0.25) is 0 Å².